The maximum Gasteiger partial charge on any atom is 0.254 e. The van der Waals surface area contributed by atoms with Crippen molar-refractivity contribution in [3.8, 4) is 5.88 Å². The minimum atomic E-state index is -0.561. The molecule has 0 aromatic carbocycles. The van der Waals surface area contributed by atoms with Crippen LogP contribution in [0.5, 0.6) is 5.88 Å². The Morgan fingerprint density at radius 2 is 2.06 bits per heavy atom. The van der Waals surface area contributed by atoms with Gasteiger partial charge in [-0.15, -0.1) is 0 Å². The summed E-state index contributed by atoms with van der Waals surface area (Å²) in [5.41, 5.74) is 11.6. The standard InChI is InChI=1S/C13H19N3O2/c1-8-2-4-10(5-3-8)18-13-11(12(15)17)6-9(14)7-16-13/h6-8,10H,2-5,14H2,1H3,(H2,15,17). The van der Waals surface area contributed by atoms with Crippen LogP contribution in [0.3, 0.4) is 0 Å². The summed E-state index contributed by atoms with van der Waals surface area (Å²) >= 11 is 0. The van der Waals surface area contributed by atoms with Crippen LogP contribution in [-0.2, 0) is 0 Å². The van der Waals surface area contributed by atoms with Crippen LogP contribution < -0.4 is 16.2 Å². The number of hydrogen-bond donors (Lipinski definition) is 2. The Morgan fingerprint density at radius 3 is 2.67 bits per heavy atom. The van der Waals surface area contributed by atoms with Crippen molar-refractivity contribution in [3.63, 3.8) is 0 Å². The molecule has 1 aliphatic carbocycles. The third-order valence-electron chi connectivity index (χ3n) is 3.38. The zero-order valence-corrected chi connectivity index (χ0v) is 10.6. The van der Waals surface area contributed by atoms with Crippen LogP contribution in [0.15, 0.2) is 12.3 Å². The van der Waals surface area contributed by atoms with E-state index < -0.39 is 5.91 Å². The van der Waals surface area contributed by atoms with Gasteiger partial charge in [0.05, 0.1) is 11.9 Å². The summed E-state index contributed by atoms with van der Waals surface area (Å²) in [6.07, 6.45) is 5.87. The highest BCUT2D eigenvalue weighted by molar-refractivity contribution is 5.95. The number of nitrogens with zero attached hydrogens (tertiary/aromatic N) is 1. The summed E-state index contributed by atoms with van der Waals surface area (Å²) in [5.74, 6) is 0.491. The lowest BCUT2D eigenvalue weighted by atomic mass is 9.89. The van der Waals surface area contributed by atoms with Gasteiger partial charge in [-0.05, 0) is 37.7 Å². The number of nitrogens with two attached hydrogens (primary N) is 2. The highest BCUT2D eigenvalue weighted by Crippen LogP contribution is 2.28. The summed E-state index contributed by atoms with van der Waals surface area (Å²) in [5, 5.41) is 0. The number of anilines is 1. The van der Waals surface area contributed by atoms with Gasteiger partial charge in [-0.1, -0.05) is 6.92 Å². The molecule has 0 atom stereocenters. The topological polar surface area (TPSA) is 91.2 Å². The molecule has 5 heteroatoms. The van der Waals surface area contributed by atoms with Gasteiger partial charge in [0.25, 0.3) is 5.91 Å². The minimum Gasteiger partial charge on any atom is -0.474 e. The Hall–Kier alpha value is -1.78. The van der Waals surface area contributed by atoms with Crippen molar-refractivity contribution in [2.45, 2.75) is 38.7 Å². The second-order valence-electron chi connectivity index (χ2n) is 4.99. The Morgan fingerprint density at radius 1 is 1.39 bits per heavy atom. The molecule has 0 aliphatic heterocycles. The predicted octanol–water partition coefficient (Wildman–Crippen LogP) is 1.72. The largest absolute Gasteiger partial charge is 0.474 e. The number of nitrogen functional groups attached to an aromatic ring is 1. The van der Waals surface area contributed by atoms with Crippen molar-refractivity contribution in [1.29, 1.82) is 0 Å². The molecule has 1 aromatic heterocycles. The summed E-state index contributed by atoms with van der Waals surface area (Å²) in [7, 11) is 0. The van der Waals surface area contributed by atoms with Crippen LogP contribution in [0.2, 0.25) is 0 Å². The van der Waals surface area contributed by atoms with E-state index in [9.17, 15) is 4.79 Å². The molecule has 1 fully saturated rings. The molecular weight excluding hydrogens is 230 g/mol. The van der Waals surface area contributed by atoms with Gasteiger partial charge in [0.2, 0.25) is 5.88 Å². The van der Waals surface area contributed by atoms with Gasteiger partial charge in [0, 0.05) is 0 Å². The average molecular weight is 249 g/mol. The van der Waals surface area contributed by atoms with Gasteiger partial charge in [-0.25, -0.2) is 4.98 Å². The first-order valence-corrected chi connectivity index (χ1v) is 6.28. The average Bonchev–Trinajstić information content (AvgIpc) is 2.34. The monoisotopic (exact) mass is 249 g/mol. The van der Waals surface area contributed by atoms with Gasteiger partial charge in [0.15, 0.2) is 0 Å². The Kier molecular flexibility index (Phi) is 3.69. The maximum atomic E-state index is 11.3. The summed E-state index contributed by atoms with van der Waals surface area (Å²) in [6.45, 7) is 2.24. The number of hydrogen-bond acceptors (Lipinski definition) is 4. The number of primary amides is 1. The second-order valence-corrected chi connectivity index (χ2v) is 4.99. The van der Waals surface area contributed by atoms with Crippen molar-refractivity contribution in [3.05, 3.63) is 17.8 Å². The highest BCUT2D eigenvalue weighted by Gasteiger charge is 2.22. The fourth-order valence-electron chi connectivity index (χ4n) is 2.24. The van der Waals surface area contributed by atoms with E-state index in [2.05, 4.69) is 11.9 Å². The molecule has 1 aromatic rings. The molecule has 1 aliphatic rings. The Labute approximate surface area is 107 Å². The van der Waals surface area contributed by atoms with E-state index in [1.54, 1.807) is 0 Å². The summed E-state index contributed by atoms with van der Waals surface area (Å²) < 4.78 is 5.78. The molecule has 2 rings (SSSR count). The van der Waals surface area contributed by atoms with Crippen LogP contribution in [0.4, 0.5) is 5.69 Å². The summed E-state index contributed by atoms with van der Waals surface area (Å²) in [4.78, 5) is 15.4. The molecule has 98 valence electrons. The van der Waals surface area contributed by atoms with E-state index in [4.69, 9.17) is 16.2 Å². The van der Waals surface area contributed by atoms with E-state index in [1.165, 1.54) is 12.3 Å². The van der Waals surface area contributed by atoms with E-state index >= 15 is 0 Å². The van der Waals surface area contributed by atoms with Crippen molar-refractivity contribution >= 4 is 11.6 Å². The quantitative estimate of drug-likeness (QED) is 0.853. The number of rotatable bonds is 3. The zero-order chi connectivity index (χ0) is 13.1. The molecule has 1 heterocycles. The first-order valence-electron chi connectivity index (χ1n) is 6.28. The first-order chi connectivity index (χ1) is 8.56. The second kappa shape index (κ2) is 5.25. The van der Waals surface area contributed by atoms with Gasteiger partial charge >= 0.3 is 0 Å². The molecule has 0 saturated heterocycles. The number of carbonyl (C=O) groups is 1. The maximum absolute atomic E-state index is 11.3. The normalized spacial score (nSPS) is 23.6. The summed E-state index contributed by atoms with van der Waals surface area (Å²) in [6, 6.07) is 1.51. The molecule has 4 N–H and O–H groups in total. The lowest BCUT2D eigenvalue weighted by molar-refractivity contribution is 0.0978. The SMILES string of the molecule is CC1CCC(Oc2ncc(N)cc2C(N)=O)CC1. The number of amides is 1. The van der Waals surface area contributed by atoms with Crippen LogP contribution in [0.1, 0.15) is 43.0 Å². The van der Waals surface area contributed by atoms with E-state index in [0.29, 0.717) is 11.6 Å². The third kappa shape index (κ3) is 2.91. The van der Waals surface area contributed by atoms with E-state index in [-0.39, 0.29) is 11.7 Å². The van der Waals surface area contributed by atoms with Crippen LogP contribution in [0.25, 0.3) is 0 Å². The highest BCUT2D eigenvalue weighted by atomic mass is 16.5. The lowest BCUT2D eigenvalue weighted by Crippen LogP contribution is -2.25. The number of aromatic nitrogens is 1. The first kappa shape index (κ1) is 12.7. The molecule has 0 bridgehead atoms. The lowest BCUT2D eigenvalue weighted by Gasteiger charge is -2.26. The van der Waals surface area contributed by atoms with Crippen LogP contribution in [0, 0.1) is 5.92 Å². The van der Waals surface area contributed by atoms with Crippen molar-refractivity contribution in [2.24, 2.45) is 11.7 Å². The van der Waals surface area contributed by atoms with Crippen molar-refractivity contribution < 1.29 is 9.53 Å². The minimum absolute atomic E-state index is 0.121. The molecule has 1 amide bonds. The number of ether oxygens (including phenoxy) is 1. The molecule has 0 radical (unpaired) electrons. The van der Waals surface area contributed by atoms with Gasteiger partial charge < -0.3 is 16.2 Å². The van der Waals surface area contributed by atoms with Gasteiger partial charge in [-0.2, -0.15) is 0 Å². The fraction of sp³-hybridized carbons (Fsp3) is 0.538. The van der Waals surface area contributed by atoms with Crippen molar-refractivity contribution in [2.75, 3.05) is 5.73 Å². The van der Waals surface area contributed by atoms with Crippen LogP contribution >= 0.6 is 0 Å². The number of carbonyl (C=O) groups excluding carboxylic acids is 1. The third-order valence-corrected chi connectivity index (χ3v) is 3.38. The van der Waals surface area contributed by atoms with Gasteiger partial charge in [-0.3, -0.25) is 4.79 Å². The van der Waals surface area contributed by atoms with Crippen molar-refractivity contribution in [1.82, 2.24) is 4.98 Å². The molecule has 1 saturated carbocycles. The molecule has 0 spiro atoms. The van der Waals surface area contributed by atoms with Gasteiger partial charge in [0.1, 0.15) is 11.7 Å². The molecule has 0 unspecified atom stereocenters. The molecular formula is C13H19N3O2. The molecule has 18 heavy (non-hydrogen) atoms. The Bertz CT molecular complexity index is 440. The Balaban J connectivity index is 2.11. The smallest absolute Gasteiger partial charge is 0.254 e. The fourth-order valence-corrected chi connectivity index (χ4v) is 2.24. The van der Waals surface area contributed by atoms with E-state index in [1.807, 2.05) is 0 Å². The van der Waals surface area contributed by atoms with Crippen LogP contribution in [-0.4, -0.2) is 17.0 Å². The predicted molar refractivity (Wildman–Crippen MR) is 69.2 cm³/mol. The van der Waals surface area contributed by atoms with E-state index in [0.717, 1.165) is 31.6 Å². The molecule has 5 nitrogen and oxygen atoms in total. The zero-order valence-electron chi connectivity index (χ0n) is 10.6. The number of pyridine rings is 1.